The van der Waals surface area contributed by atoms with E-state index in [9.17, 15) is 9.59 Å². The number of oxazole rings is 1. The molecule has 0 unspecified atom stereocenters. The molecule has 0 atom stereocenters. The zero-order valence-electron chi connectivity index (χ0n) is 10.3. The smallest absolute Gasteiger partial charge is 0.266 e. The van der Waals surface area contributed by atoms with E-state index < -0.39 is 0 Å². The molecule has 0 saturated carbocycles. The highest BCUT2D eigenvalue weighted by atomic mass is 32.1. The Morgan fingerprint density at radius 1 is 1.32 bits per heavy atom. The van der Waals surface area contributed by atoms with Gasteiger partial charge >= 0.3 is 0 Å². The minimum absolute atomic E-state index is 0.125. The summed E-state index contributed by atoms with van der Waals surface area (Å²) in [5.41, 5.74) is 1.77. The molecule has 1 aromatic heterocycles. The van der Waals surface area contributed by atoms with E-state index in [2.05, 4.69) is 15.6 Å². The van der Waals surface area contributed by atoms with Crippen LogP contribution >= 0.6 is 12.2 Å². The number of nitrogens with one attached hydrogen (secondary N) is 3. The van der Waals surface area contributed by atoms with E-state index in [1.54, 1.807) is 18.2 Å². The van der Waals surface area contributed by atoms with Crippen molar-refractivity contribution in [3.63, 3.8) is 0 Å². The number of benzene rings is 1. The SMILES string of the molecule is CC(=O)NCCNC(=O)c1ccc2[nH]c(=S)oc2c1. The summed E-state index contributed by atoms with van der Waals surface area (Å²) in [7, 11) is 0. The second-order valence-electron chi connectivity index (χ2n) is 3.96. The molecule has 6 nitrogen and oxygen atoms in total. The molecule has 0 spiro atoms. The number of carbonyl (C=O) groups is 2. The molecule has 2 aromatic rings. The first-order valence-electron chi connectivity index (χ1n) is 5.72. The number of carbonyl (C=O) groups excluding carboxylic acids is 2. The van der Waals surface area contributed by atoms with Gasteiger partial charge in [0.05, 0.1) is 5.52 Å². The van der Waals surface area contributed by atoms with Crippen molar-refractivity contribution in [3.8, 4) is 0 Å². The first-order valence-corrected chi connectivity index (χ1v) is 6.12. The van der Waals surface area contributed by atoms with Crippen molar-refractivity contribution in [2.75, 3.05) is 13.1 Å². The zero-order valence-corrected chi connectivity index (χ0v) is 11.1. The normalized spacial score (nSPS) is 10.4. The molecule has 0 radical (unpaired) electrons. The number of H-pyrrole nitrogens is 1. The highest BCUT2D eigenvalue weighted by Gasteiger charge is 2.07. The zero-order chi connectivity index (χ0) is 13.8. The molecule has 100 valence electrons. The lowest BCUT2D eigenvalue weighted by molar-refractivity contribution is -0.118. The number of aromatic nitrogens is 1. The third-order valence-electron chi connectivity index (χ3n) is 2.47. The fourth-order valence-electron chi connectivity index (χ4n) is 1.60. The number of aromatic amines is 1. The van der Waals surface area contributed by atoms with Gasteiger partial charge in [-0.3, -0.25) is 9.59 Å². The van der Waals surface area contributed by atoms with E-state index in [0.29, 0.717) is 24.2 Å². The second kappa shape index (κ2) is 5.66. The molecule has 19 heavy (non-hydrogen) atoms. The second-order valence-corrected chi connectivity index (χ2v) is 4.34. The molecule has 0 saturated heterocycles. The topological polar surface area (TPSA) is 87.1 Å². The number of hydrogen-bond donors (Lipinski definition) is 3. The van der Waals surface area contributed by atoms with E-state index in [1.165, 1.54) is 6.92 Å². The predicted molar refractivity (Wildman–Crippen MR) is 72.4 cm³/mol. The van der Waals surface area contributed by atoms with Crippen LogP contribution < -0.4 is 10.6 Å². The van der Waals surface area contributed by atoms with Crippen molar-refractivity contribution in [2.24, 2.45) is 0 Å². The summed E-state index contributed by atoms with van der Waals surface area (Å²) < 4.78 is 5.24. The fraction of sp³-hybridized carbons (Fsp3) is 0.250. The molecule has 0 fully saturated rings. The van der Waals surface area contributed by atoms with Gasteiger partial charge in [-0.15, -0.1) is 0 Å². The Kier molecular flexibility index (Phi) is 3.96. The molecule has 0 aliphatic heterocycles. The van der Waals surface area contributed by atoms with Crippen molar-refractivity contribution in [1.29, 1.82) is 0 Å². The van der Waals surface area contributed by atoms with Crippen LogP contribution in [0, 0.1) is 4.84 Å². The van der Waals surface area contributed by atoms with E-state index in [4.69, 9.17) is 16.6 Å². The molecule has 0 bridgehead atoms. The standard InChI is InChI=1S/C12H13N3O3S/c1-7(16)13-4-5-14-11(17)8-2-3-9-10(6-8)18-12(19)15-9/h2-3,6H,4-5H2,1H3,(H,13,16)(H,14,17)(H,15,19). The minimum atomic E-state index is -0.227. The minimum Gasteiger partial charge on any atom is -0.429 e. The van der Waals surface area contributed by atoms with Crippen LogP contribution in [0.15, 0.2) is 22.6 Å². The van der Waals surface area contributed by atoms with Gasteiger partial charge in [0.2, 0.25) is 5.91 Å². The lowest BCUT2D eigenvalue weighted by Gasteiger charge is -2.05. The summed E-state index contributed by atoms with van der Waals surface area (Å²) in [6.45, 7) is 2.19. The average Bonchev–Trinajstić information content (AvgIpc) is 2.73. The lowest BCUT2D eigenvalue weighted by atomic mass is 10.2. The van der Waals surface area contributed by atoms with Gasteiger partial charge in [-0.2, -0.15) is 0 Å². The van der Waals surface area contributed by atoms with Gasteiger partial charge in [0.25, 0.3) is 10.7 Å². The number of hydrogen-bond acceptors (Lipinski definition) is 4. The predicted octanol–water partition coefficient (Wildman–Crippen LogP) is 1.36. The molecule has 2 rings (SSSR count). The quantitative estimate of drug-likeness (QED) is 0.582. The fourth-order valence-corrected chi connectivity index (χ4v) is 1.80. The van der Waals surface area contributed by atoms with E-state index >= 15 is 0 Å². The summed E-state index contributed by atoms with van der Waals surface area (Å²) in [5, 5.41) is 5.29. The maximum atomic E-state index is 11.8. The van der Waals surface area contributed by atoms with E-state index in [0.717, 1.165) is 5.52 Å². The Morgan fingerprint density at radius 3 is 2.79 bits per heavy atom. The van der Waals surface area contributed by atoms with Crippen LogP contribution in [0.25, 0.3) is 11.1 Å². The van der Waals surface area contributed by atoms with Crippen molar-refractivity contribution >= 4 is 35.1 Å². The van der Waals surface area contributed by atoms with Gasteiger partial charge in [-0.05, 0) is 30.4 Å². The van der Waals surface area contributed by atoms with Gasteiger partial charge in [0.1, 0.15) is 0 Å². The monoisotopic (exact) mass is 279 g/mol. The van der Waals surface area contributed by atoms with Gasteiger partial charge < -0.3 is 20.0 Å². The van der Waals surface area contributed by atoms with E-state index in [1.807, 2.05) is 0 Å². The maximum absolute atomic E-state index is 11.8. The van der Waals surface area contributed by atoms with Crippen LogP contribution in [0.2, 0.25) is 0 Å². The number of rotatable bonds is 4. The Labute approximate surface area is 114 Å². The summed E-state index contributed by atoms with van der Waals surface area (Å²) >= 11 is 4.87. The first kappa shape index (κ1) is 13.3. The van der Waals surface area contributed by atoms with Crippen LogP contribution in [-0.4, -0.2) is 29.9 Å². The highest BCUT2D eigenvalue weighted by molar-refractivity contribution is 7.71. The van der Waals surface area contributed by atoms with Crippen molar-refractivity contribution < 1.29 is 14.0 Å². The highest BCUT2D eigenvalue weighted by Crippen LogP contribution is 2.15. The van der Waals surface area contributed by atoms with Gasteiger partial charge in [-0.25, -0.2) is 0 Å². The van der Waals surface area contributed by atoms with Crippen LogP contribution in [0.4, 0.5) is 0 Å². The maximum Gasteiger partial charge on any atom is 0.266 e. The summed E-state index contributed by atoms with van der Waals surface area (Å²) in [5.74, 6) is -0.352. The van der Waals surface area contributed by atoms with Gasteiger partial charge in [0.15, 0.2) is 5.58 Å². The third-order valence-corrected chi connectivity index (χ3v) is 2.65. The van der Waals surface area contributed by atoms with Crippen molar-refractivity contribution in [2.45, 2.75) is 6.92 Å². The summed E-state index contributed by atoms with van der Waals surface area (Å²) in [6, 6.07) is 5.03. The van der Waals surface area contributed by atoms with Crippen LogP contribution in [0.3, 0.4) is 0 Å². The molecule has 1 aromatic carbocycles. The van der Waals surface area contributed by atoms with E-state index in [-0.39, 0.29) is 16.7 Å². The molecule has 3 N–H and O–H groups in total. The third kappa shape index (κ3) is 3.41. The molecular formula is C12H13N3O3S. The van der Waals surface area contributed by atoms with Crippen molar-refractivity contribution in [1.82, 2.24) is 15.6 Å². The van der Waals surface area contributed by atoms with Gasteiger partial charge in [0, 0.05) is 25.6 Å². The molecular weight excluding hydrogens is 266 g/mol. The Balaban J connectivity index is 2.00. The first-order chi connectivity index (χ1) is 9.06. The van der Waals surface area contributed by atoms with Gasteiger partial charge in [-0.1, -0.05) is 0 Å². The van der Waals surface area contributed by atoms with Crippen LogP contribution in [-0.2, 0) is 4.79 Å². The summed E-state index contributed by atoms with van der Waals surface area (Å²) in [6.07, 6.45) is 0. The Hall–Kier alpha value is -2.15. The van der Waals surface area contributed by atoms with Crippen molar-refractivity contribution in [3.05, 3.63) is 28.6 Å². The van der Waals surface area contributed by atoms with Crippen LogP contribution in [0.1, 0.15) is 17.3 Å². The number of amides is 2. The lowest BCUT2D eigenvalue weighted by Crippen LogP contribution is -2.33. The number of fused-ring (bicyclic) bond motifs is 1. The molecule has 7 heteroatoms. The average molecular weight is 279 g/mol. The molecule has 0 aliphatic rings. The largest absolute Gasteiger partial charge is 0.429 e. The Morgan fingerprint density at radius 2 is 2.05 bits per heavy atom. The Bertz CT molecular complexity index is 674. The summed E-state index contributed by atoms with van der Waals surface area (Å²) in [4.78, 5) is 25.6. The molecule has 2 amide bonds. The van der Waals surface area contributed by atoms with Crippen LogP contribution in [0.5, 0.6) is 0 Å². The molecule has 1 heterocycles. The molecule has 0 aliphatic carbocycles.